The average molecular weight is 177 g/mol. The molecular weight excluding hydrogens is 162 g/mol. The fraction of sp³-hybridized carbons (Fsp3) is 0.833. The monoisotopic (exact) mass is 177 g/mol. The van der Waals surface area contributed by atoms with Gasteiger partial charge in [-0.05, 0) is 6.26 Å². The second kappa shape index (κ2) is 7.68. The first-order chi connectivity index (χ1) is 5.27. The minimum absolute atomic E-state index is 0.461. The second-order valence-corrected chi connectivity index (χ2v) is 3.02. The van der Waals surface area contributed by atoms with Crippen LogP contribution in [0.2, 0.25) is 0 Å². The predicted octanol–water partition coefficient (Wildman–Crippen LogP) is -0.393. The van der Waals surface area contributed by atoms with Gasteiger partial charge in [0, 0.05) is 25.4 Å². The molecule has 0 aliphatic rings. The number of amides is 2. The number of carbonyl (C=O) groups excluding carboxylic acids is 1. The Morgan fingerprint density at radius 1 is 1.45 bits per heavy atom. The van der Waals surface area contributed by atoms with Gasteiger partial charge in [0.15, 0.2) is 0 Å². The van der Waals surface area contributed by atoms with Crippen LogP contribution in [0, 0.1) is 0 Å². The Labute approximate surface area is 71.3 Å². The van der Waals surface area contributed by atoms with E-state index in [4.69, 9.17) is 5.73 Å². The van der Waals surface area contributed by atoms with Crippen LogP contribution in [-0.4, -0.2) is 37.7 Å². The third-order valence-corrected chi connectivity index (χ3v) is 1.70. The number of nitrogens with one attached hydrogen (secondary N) is 2. The Morgan fingerprint density at radius 3 is 2.73 bits per heavy atom. The normalized spacial score (nSPS) is 9.55. The third-order valence-electron chi connectivity index (χ3n) is 1.08. The maximum absolute atomic E-state index is 10.2. The molecular formula is C6H15N3OS. The van der Waals surface area contributed by atoms with Crippen LogP contribution in [0.25, 0.3) is 0 Å². The lowest BCUT2D eigenvalue weighted by atomic mass is 10.6. The van der Waals surface area contributed by atoms with Crippen molar-refractivity contribution in [2.45, 2.75) is 0 Å². The highest BCUT2D eigenvalue weighted by Gasteiger charge is 1.89. The van der Waals surface area contributed by atoms with Gasteiger partial charge in [-0.25, -0.2) is 4.79 Å². The highest BCUT2D eigenvalue weighted by Crippen LogP contribution is 1.85. The molecule has 5 heteroatoms. The van der Waals surface area contributed by atoms with Crippen molar-refractivity contribution in [2.24, 2.45) is 5.73 Å². The molecule has 0 aromatic carbocycles. The summed E-state index contributed by atoms with van der Waals surface area (Å²) in [4.78, 5) is 10.2. The fourth-order valence-corrected chi connectivity index (χ4v) is 0.922. The van der Waals surface area contributed by atoms with Gasteiger partial charge in [-0.3, -0.25) is 0 Å². The van der Waals surface area contributed by atoms with Crippen LogP contribution in [0.5, 0.6) is 0 Å². The van der Waals surface area contributed by atoms with E-state index in [9.17, 15) is 4.79 Å². The molecule has 0 rings (SSSR count). The molecule has 2 amide bonds. The summed E-state index contributed by atoms with van der Waals surface area (Å²) >= 11 is 1.79. The van der Waals surface area contributed by atoms with Crippen molar-refractivity contribution < 1.29 is 4.79 Å². The number of hydrogen-bond donors (Lipinski definition) is 3. The molecule has 0 unspecified atom stereocenters. The fourth-order valence-electron chi connectivity index (χ4n) is 0.573. The van der Waals surface area contributed by atoms with E-state index in [0.717, 1.165) is 18.8 Å². The molecule has 11 heavy (non-hydrogen) atoms. The van der Waals surface area contributed by atoms with E-state index < -0.39 is 6.03 Å². The van der Waals surface area contributed by atoms with Crippen LogP contribution in [0.3, 0.4) is 0 Å². The van der Waals surface area contributed by atoms with E-state index in [0.29, 0.717) is 6.54 Å². The summed E-state index contributed by atoms with van der Waals surface area (Å²) < 4.78 is 0. The molecule has 0 atom stereocenters. The number of carbonyl (C=O) groups is 1. The highest BCUT2D eigenvalue weighted by molar-refractivity contribution is 7.98. The molecule has 66 valence electrons. The standard InChI is InChI=1S/C6H15N3OS/c1-11-5-4-8-2-3-9-6(7)10/h8H,2-5H2,1H3,(H3,7,9,10). The molecule has 4 N–H and O–H groups in total. The van der Waals surface area contributed by atoms with Crippen LogP contribution in [-0.2, 0) is 0 Å². The summed E-state index contributed by atoms with van der Waals surface area (Å²) in [6.45, 7) is 2.36. The molecule has 0 aromatic heterocycles. The summed E-state index contributed by atoms with van der Waals surface area (Å²) in [6, 6.07) is -0.461. The summed E-state index contributed by atoms with van der Waals surface area (Å²) in [7, 11) is 0. The first kappa shape index (κ1) is 10.6. The summed E-state index contributed by atoms with van der Waals surface area (Å²) in [5.41, 5.74) is 4.85. The molecule has 0 fully saturated rings. The first-order valence-corrected chi connectivity index (χ1v) is 4.89. The number of rotatable bonds is 6. The van der Waals surface area contributed by atoms with E-state index in [-0.39, 0.29) is 0 Å². The van der Waals surface area contributed by atoms with E-state index in [2.05, 4.69) is 16.9 Å². The van der Waals surface area contributed by atoms with Crippen LogP contribution >= 0.6 is 11.8 Å². The van der Waals surface area contributed by atoms with E-state index in [1.165, 1.54) is 0 Å². The van der Waals surface area contributed by atoms with Crippen molar-refractivity contribution in [3.05, 3.63) is 0 Å². The van der Waals surface area contributed by atoms with Crippen molar-refractivity contribution in [1.29, 1.82) is 0 Å². The Morgan fingerprint density at radius 2 is 2.18 bits per heavy atom. The van der Waals surface area contributed by atoms with Crippen molar-refractivity contribution in [3.8, 4) is 0 Å². The smallest absolute Gasteiger partial charge is 0.312 e. The van der Waals surface area contributed by atoms with Crippen LogP contribution in [0.4, 0.5) is 4.79 Å². The van der Waals surface area contributed by atoms with Crippen molar-refractivity contribution in [1.82, 2.24) is 10.6 Å². The molecule has 0 heterocycles. The van der Waals surface area contributed by atoms with Gasteiger partial charge in [-0.2, -0.15) is 11.8 Å². The topological polar surface area (TPSA) is 67.2 Å². The van der Waals surface area contributed by atoms with Gasteiger partial charge >= 0.3 is 6.03 Å². The van der Waals surface area contributed by atoms with Crippen LogP contribution in [0.15, 0.2) is 0 Å². The van der Waals surface area contributed by atoms with Gasteiger partial charge < -0.3 is 16.4 Å². The van der Waals surface area contributed by atoms with Crippen molar-refractivity contribution >= 4 is 17.8 Å². The second-order valence-electron chi connectivity index (χ2n) is 2.03. The zero-order chi connectivity index (χ0) is 8.53. The Balaban J connectivity index is 2.85. The quantitative estimate of drug-likeness (QED) is 0.484. The zero-order valence-corrected chi connectivity index (χ0v) is 7.54. The van der Waals surface area contributed by atoms with Crippen molar-refractivity contribution in [3.63, 3.8) is 0 Å². The largest absolute Gasteiger partial charge is 0.352 e. The summed E-state index contributed by atoms with van der Waals surface area (Å²) in [5, 5.41) is 5.64. The third kappa shape index (κ3) is 9.58. The van der Waals surface area contributed by atoms with Crippen LogP contribution < -0.4 is 16.4 Å². The molecule has 0 saturated carbocycles. The minimum atomic E-state index is -0.461. The molecule has 0 radical (unpaired) electrons. The number of urea groups is 1. The SMILES string of the molecule is CSCCNCCNC(N)=O. The minimum Gasteiger partial charge on any atom is -0.352 e. The predicted molar refractivity (Wildman–Crippen MR) is 48.8 cm³/mol. The van der Waals surface area contributed by atoms with Gasteiger partial charge in [0.25, 0.3) is 0 Å². The number of primary amides is 1. The molecule has 0 spiro atoms. The lowest BCUT2D eigenvalue weighted by Gasteiger charge is -2.02. The average Bonchev–Trinajstić information content (AvgIpc) is 1.96. The van der Waals surface area contributed by atoms with Gasteiger partial charge in [-0.15, -0.1) is 0 Å². The number of thioether (sulfide) groups is 1. The Bertz CT molecular complexity index is 110. The number of hydrogen-bond acceptors (Lipinski definition) is 3. The summed E-state index contributed by atoms with van der Waals surface area (Å²) in [6.07, 6.45) is 2.06. The molecule has 0 aliphatic heterocycles. The molecule has 4 nitrogen and oxygen atoms in total. The molecule has 0 aromatic rings. The van der Waals surface area contributed by atoms with Gasteiger partial charge in [0.05, 0.1) is 0 Å². The zero-order valence-electron chi connectivity index (χ0n) is 6.72. The van der Waals surface area contributed by atoms with E-state index in [1.54, 1.807) is 11.8 Å². The van der Waals surface area contributed by atoms with Gasteiger partial charge in [0.1, 0.15) is 0 Å². The van der Waals surface area contributed by atoms with E-state index in [1.807, 2.05) is 0 Å². The van der Waals surface area contributed by atoms with Crippen LogP contribution in [0.1, 0.15) is 0 Å². The molecule has 0 aliphatic carbocycles. The first-order valence-electron chi connectivity index (χ1n) is 3.50. The summed E-state index contributed by atoms with van der Waals surface area (Å²) in [5.74, 6) is 1.09. The van der Waals surface area contributed by atoms with Crippen molar-refractivity contribution in [2.75, 3.05) is 31.6 Å². The Hall–Kier alpha value is -0.420. The number of nitrogens with two attached hydrogens (primary N) is 1. The van der Waals surface area contributed by atoms with Gasteiger partial charge in [-0.1, -0.05) is 0 Å². The maximum atomic E-state index is 10.2. The lowest BCUT2D eigenvalue weighted by molar-refractivity contribution is 0.249. The van der Waals surface area contributed by atoms with Gasteiger partial charge in [0.2, 0.25) is 0 Å². The maximum Gasteiger partial charge on any atom is 0.312 e. The molecule has 0 saturated heterocycles. The highest BCUT2D eigenvalue weighted by atomic mass is 32.2. The van der Waals surface area contributed by atoms with E-state index >= 15 is 0 Å². The Kier molecular flexibility index (Phi) is 7.39. The lowest BCUT2D eigenvalue weighted by Crippen LogP contribution is -2.35. The molecule has 0 bridgehead atoms.